The number of nitrogens with zero attached hydrogens (tertiary/aromatic N) is 2. The molecule has 1 atom stereocenters. The van der Waals surface area contributed by atoms with Crippen LogP contribution in [0.15, 0.2) is 61.2 Å². The Labute approximate surface area is 162 Å². The van der Waals surface area contributed by atoms with Gasteiger partial charge in [-0.15, -0.1) is 6.58 Å². The van der Waals surface area contributed by atoms with Crippen molar-refractivity contribution in [2.75, 3.05) is 16.8 Å². The van der Waals surface area contributed by atoms with Crippen LogP contribution in [0, 0.1) is 12.7 Å². The maximum atomic E-state index is 13.0. The van der Waals surface area contributed by atoms with E-state index in [0.29, 0.717) is 11.4 Å². The van der Waals surface area contributed by atoms with Gasteiger partial charge in [0.2, 0.25) is 5.91 Å². The van der Waals surface area contributed by atoms with E-state index in [4.69, 9.17) is 0 Å². The Morgan fingerprint density at radius 3 is 2.57 bits per heavy atom. The van der Waals surface area contributed by atoms with Crippen LogP contribution in [0.1, 0.15) is 12.0 Å². The van der Waals surface area contributed by atoms with Crippen LogP contribution in [0.3, 0.4) is 0 Å². The first-order valence-corrected chi connectivity index (χ1v) is 8.78. The van der Waals surface area contributed by atoms with Crippen molar-refractivity contribution in [3.63, 3.8) is 0 Å². The van der Waals surface area contributed by atoms with Crippen molar-refractivity contribution in [2.45, 2.75) is 19.4 Å². The number of aryl methyl sites for hydroxylation is 1. The maximum absolute atomic E-state index is 13.0. The van der Waals surface area contributed by atoms with E-state index in [2.05, 4.69) is 11.9 Å². The number of hydrogen-bond donors (Lipinski definition) is 1. The average molecular weight is 381 g/mol. The summed E-state index contributed by atoms with van der Waals surface area (Å²) in [5.41, 5.74) is 1.78. The minimum absolute atomic E-state index is 0.140. The summed E-state index contributed by atoms with van der Waals surface area (Å²) in [6.45, 7) is 5.63. The maximum Gasteiger partial charge on any atom is 0.332 e. The molecule has 0 saturated carbocycles. The standard InChI is InChI=1S/C21H20FN3O3/c1-3-11-24-18(13-19(26)23-16-9-7-15(22)8-10-16)20(27)25(21(24)28)17-6-4-5-14(2)12-17/h3-10,12,18H,1,11,13H2,2H3,(H,23,26)/t18-/m0/s1. The van der Waals surface area contributed by atoms with E-state index >= 15 is 0 Å². The van der Waals surface area contributed by atoms with Gasteiger partial charge in [-0.25, -0.2) is 14.1 Å². The monoisotopic (exact) mass is 381 g/mol. The normalized spacial score (nSPS) is 16.4. The Morgan fingerprint density at radius 1 is 1.21 bits per heavy atom. The molecule has 7 heteroatoms. The molecule has 0 aliphatic carbocycles. The van der Waals surface area contributed by atoms with E-state index < -0.39 is 29.7 Å². The molecule has 0 bridgehead atoms. The van der Waals surface area contributed by atoms with Crippen molar-refractivity contribution in [1.29, 1.82) is 0 Å². The number of carbonyl (C=O) groups is 3. The van der Waals surface area contributed by atoms with E-state index in [1.807, 2.05) is 13.0 Å². The third-order valence-electron chi connectivity index (χ3n) is 4.41. The quantitative estimate of drug-likeness (QED) is 0.615. The summed E-state index contributed by atoms with van der Waals surface area (Å²) in [7, 11) is 0. The van der Waals surface area contributed by atoms with Crippen LogP contribution in [0.25, 0.3) is 0 Å². The van der Waals surface area contributed by atoms with Gasteiger partial charge in [-0.3, -0.25) is 9.59 Å². The smallest absolute Gasteiger partial charge is 0.326 e. The number of anilines is 2. The zero-order valence-electron chi connectivity index (χ0n) is 15.4. The molecule has 144 valence electrons. The van der Waals surface area contributed by atoms with Crippen molar-refractivity contribution < 1.29 is 18.8 Å². The zero-order valence-corrected chi connectivity index (χ0v) is 15.4. The highest BCUT2D eigenvalue weighted by atomic mass is 19.1. The Hall–Kier alpha value is -3.48. The van der Waals surface area contributed by atoms with Crippen molar-refractivity contribution in [2.24, 2.45) is 0 Å². The van der Waals surface area contributed by atoms with Gasteiger partial charge < -0.3 is 10.2 Å². The summed E-state index contributed by atoms with van der Waals surface area (Å²) in [6, 6.07) is 10.9. The van der Waals surface area contributed by atoms with Crippen LogP contribution in [-0.4, -0.2) is 35.3 Å². The van der Waals surface area contributed by atoms with Gasteiger partial charge >= 0.3 is 6.03 Å². The van der Waals surface area contributed by atoms with E-state index in [-0.39, 0.29) is 13.0 Å². The molecule has 1 fully saturated rings. The molecule has 28 heavy (non-hydrogen) atoms. The Balaban J connectivity index is 1.80. The van der Waals surface area contributed by atoms with Crippen molar-refractivity contribution in [3.05, 3.63) is 72.6 Å². The number of amides is 4. The Morgan fingerprint density at radius 2 is 1.93 bits per heavy atom. The lowest BCUT2D eigenvalue weighted by molar-refractivity contribution is -0.124. The summed E-state index contributed by atoms with van der Waals surface area (Å²) >= 11 is 0. The van der Waals surface area contributed by atoms with E-state index in [0.717, 1.165) is 10.5 Å². The molecule has 0 unspecified atom stereocenters. The summed E-state index contributed by atoms with van der Waals surface area (Å²) in [4.78, 5) is 40.6. The third kappa shape index (κ3) is 3.93. The lowest BCUT2D eigenvalue weighted by Crippen LogP contribution is -2.38. The highest BCUT2D eigenvalue weighted by Crippen LogP contribution is 2.27. The average Bonchev–Trinajstić information content (AvgIpc) is 2.88. The van der Waals surface area contributed by atoms with Crippen LogP contribution in [0.5, 0.6) is 0 Å². The van der Waals surface area contributed by atoms with E-state index in [1.165, 1.54) is 35.2 Å². The SMILES string of the molecule is C=CCN1C(=O)N(c2cccc(C)c2)C(=O)[C@@H]1CC(=O)Nc1ccc(F)cc1. The molecule has 0 aromatic heterocycles. The lowest BCUT2D eigenvalue weighted by Gasteiger charge is -2.19. The minimum Gasteiger partial charge on any atom is -0.326 e. The Kier molecular flexibility index (Phi) is 5.54. The molecular formula is C21H20FN3O3. The van der Waals surface area contributed by atoms with Gasteiger partial charge in [0.1, 0.15) is 11.9 Å². The molecule has 0 spiro atoms. The first kappa shape index (κ1) is 19.3. The number of carbonyl (C=O) groups excluding carboxylic acids is 3. The molecule has 2 aromatic carbocycles. The summed E-state index contributed by atoms with van der Waals surface area (Å²) in [5.74, 6) is -1.33. The molecule has 6 nitrogen and oxygen atoms in total. The number of nitrogens with one attached hydrogen (secondary N) is 1. The highest BCUT2D eigenvalue weighted by molar-refractivity contribution is 6.22. The lowest BCUT2D eigenvalue weighted by atomic mass is 10.1. The molecule has 1 aliphatic heterocycles. The molecule has 1 N–H and O–H groups in total. The zero-order chi connectivity index (χ0) is 20.3. The van der Waals surface area contributed by atoms with E-state index in [1.54, 1.807) is 18.2 Å². The second kappa shape index (κ2) is 8.04. The summed E-state index contributed by atoms with van der Waals surface area (Å²) in [6.07, 6.45) is 1.30. The third-order valence-corrected chi connectivity index (χ3v) is 4.41. The number of benzene rings is 2. The molecule has 0 radical (unpaired) electrons. The fourth-order valence-corrected chi connectivity index (χ4v) is 3.11. The van der Waals surface area contributed by atoms with E-state index in [9.17, 15) is 18.8 Å². The van der Waals surface area contributed by atoms with Gasteiger partial charge in [-0.05, 0) is 48.9 Å². The van der Waals surface area contributed by atoms with Gasteiger partial charge in [-0.1, -0.05) is 18.2 Å². The van der Waals surface area contributed by atoms with Crippen LogP contribution < -0.4 is 10.2 Å². The van der Waals surface area contributed by atoms with Gasteiger partial charge in [0, 0.05) is 12.2 Å². The van der Waals surface area contributed by atoms with Gasteiger partial charge in [-0.2, -0.15) is 0 Å². The molecule has 1 saturated heterocycles. The van der Waals surface area contributed by atoms with Gasteiger partial charge in [0.15, 0.2) is 0 Å². The number of halogens is 1. The molecular weight excluding hydrogens is 361 g/mol. The summed E-state index contributed by atoms with van der Waals surface area (Å²) in [5, 5.41) is 2.62. The number of hydrogen-bond acceptors (Lipinski definition) is 3. The van der Waals surface area contributed by atoms with Crippen molar-refractivity contribution in [3.8, 4) is 0 Å². The first-order chi connectivity index (χ1) is 13.4. The minimum atomic E-state index is -0.938. The second-order valence-electron chi connectivity index (χ2n) is 6.51. The largest absolute Gasteiger partial charge is 0.332 e. The van der Waals surface area contributed by atoms with Crippen LogP contribution in [0.4, 0.5) is 20.6 Å². The number of imide groups is 1. The predicted molar refractivity (Wildman–Crippen MR) is 104 cm³/mol. The van der Waals surface area contributed by atoms with Crippen molar-refractivity contribution >= 4 is 29.2 Å². The fourth-order valence-electron chi connectivity index (χ4n) is 3.11. The first-order valence-electron chi connectivity index (χ1n) is 8.78. The molecule has 4 amide bonds. The second-order valence-corrected chi connectivity index (χ2v) is 6.51. The Bertz CT molecular complexity index is 927. The molecule has 2 aromatic rings. The van der Waals surface area contributed by atoms with Crippen LogP contribution in [-0.2, 0) is 9.59 Å². The van der Waals surface area contributed by atoms with Crippen LogP contribution >= 0.6 is 0 Å². The highest BCUT2D eigenvalue weighted by Gasteiger charge is 2.46. The topological polar surface area (TPSA) is 69.7 Å². The van der Waals surface area contributed by atoms with Crippen LogP contribution in [0.2, 0.25) is 0 Å². The van der Waals surface area contributed by atoms with Crippen molar-refractivity contribution in [1.82, 2.24) is 4.90 Å². The predicted octanol–water partition coefficient (Wildman–Crippen LogP) is 3.49. The molecule has 3 rings (SSSR count). The number of urea groups is 1. The number of rotatable bonds is 6. The van der Waals surface area contributed by atoms with Gasteiger partial charge in [0.05, 0.1) is 12.1 Å². The molecule has 1 heterocycles. The molecule has 1 aliphatic rings. The fraction of sp³-hybridized carbons (Fsp3) is 0.190. The summed E-state index contributed by atoms with van der Waals surface area (Å²) < 4.78 is 13.0. The van der Waals surface area contributed by atoms with Gasteiger partial charge in [0.25, 0.3) is 5.91 Å².